The molecule has 0 spiro atoms. The Labute approximate surface area is 162 Å². The summed E-state index contributed by atoms with van der Waals surface area (Å²) in [4.78, 5) is 18.2. The highest BCUT2D eigenvalue weighted by Crippen LogP contribution is 2.32. The lowest BCUT2D eigenvalue weighted by molar-refractivity contribution is -0.159. The third-order valence-corrected chi connectivity index (χ3v) is 4.49. The zero-order valence-electron chi connectivity index (χ0n) is 16.4. The van der Waals surface area contributed by atoms with Crippen LogP contribution in [0.5, 0.6) is 11.5 Å². The quantitative estimate of drug-likeness (QED) is 0.675. The molecule has 1 aromatic carbocycles. The molecular weight excluding hydrogens is 366 g/mol. The predicted octanol–water partition coefficient (Wildman–Crippen LogP) is 1.81. The van der Waals surface area contributed by atoms with Gasteiger partial charge in [-0.1, -0.05) is 6.07 Å². The Morgan fingerprint density at radius 2 is 1.79 bits per heavy atom. The van der Waals surface area contributed by atoms with Crippen LogP contribution in [0.25, 0.3) is 0 Å². The fraction of sp³-hybridized carbons (Fsp3) is 0.421. The topological polar surface area (TPSA) is 123 Å². The van der Waals surface area contributed by atoms with Gasteiger partial charge in [0.2, 0.25) is 0 Å². The van der Waals surface area contributed by atoms with E-state index < -0.39 is 11.9 Å². The number of ether oxygens (including phenoxy) is 2. The van der Waals surface area contributed by atoms with Crippen LogP contribution < -0.4 is 14.8 Å². The number of aromatic nitrogens is 2. The molecule has 3 N–H and O–H groups in total. The average molecular weight is 391 g/mol. The highest BCUT2D eigenvalue weighted by Gasteiger charge is 2.15. The number of nitrogens with one attached hydrogen (secondary N) is 1. The number of aryl methyl sites for hydroxylation is 2. The van der Waals surface area contributed by atoms with Crippen molar-refractivity contribution < 1.29 is 29.3 Å². The number of carboxylic acid groups (broad SMARTS) is 2. The van der Waals surface area contributed by atoms with E-state index in [4.69, 9.17) is 29.3 Å². The molecule has 1 aliphatic heterocycles. The van der Waals surface area contributed by atoms with Gasteiger partial charge < -0.3 is 25.0 Å². The number of carboxylic acids is 2. The first-order chi connectivity index (χ1) is 13.2. The molecule has 1 unspecified atom stereocenters. The van der Waals surface area contributed by atoms with Crippen molar-refractivity contribution in [3.63, 3.8) is 0 Å². The first kappa shape index (κ1) is 21.2. The molecule has 0 amide bonds. The molecule has 1 aliphatic rings. The summed E-state index contributed by atoms with van der Waals surface area (Å²) >= 11 is 0. The fourth-order valence-corrected chi connectivity index (χ4v) is 2.78. The Kier molecular flexibility index (Phi) is 7.00. The molecule has 28 heavy (non-hydrogen) atoms. The van der Waals surface area contributed by atoms with E-state index in [1.54, 1.807) is 0 Å². The normalized spacial score (nSPS) is 13.3. The van der Waals surface area contributed by atoms with Crippen molar-refractivity contribution in [1.29, 1.82) is 0 Å². The lowest BCUT2D eigenvalue weighted by Gasteiger charge is -2.21. The van der Waals surface area contributed by atoms with Gasteiger partial charge in [0.15, 0.2) is 11.5 Å². The Balaban J connectivity index is 0.000000409. The van der Waals surface area contributed by atoms with Crippen LogP contribution in [0, 0.1) is 13.8 Å². The van der Waals surface area contributed by atoms with Crippen molar-refractivity contribution in [2.75, 3.05) is 13.2 Å². The number of aliphatic carboxylic acids is 2. The summed E-state index contributed by atoms with van der Waals surface area (Å²) in [6.45, 7) is 8.37. The first-order valence-corrected chi connectivity index (χ1v) is 8.79. The van der Waals surface area contributed by atoms with E-state index >= 15 is 0 Å². The lowest BCUT2D eigenvalue weighted by Crippen LogP contribution is -2.20. The predicted molar refractivity (Wildman–Crippen MR) is 101 cm³/mol. The summed E-state index contributed by atoms with van der Waals surface area (Å²) in [6, 6.07) is 6.38. The summed E-state index contributed by atoms with van der Waals surface area (Å²) in [5.74, 6) is -1.97. The molecule has 2 heterocycles. The summed E-state index contributed by atoms with van der Waals surface area (Å²) in [6.07, 6.45) is 0. The minimum absolute atomic E-state index is 0.231. The second-order valence-electron chi connectivity index (χ2n) is 6.39. The summed E-state index contributed by atoms with van der Waals surface area (Å²) in [7, 11) is 1.98. The molecule has 0 radical (unpaired) electrons. The minimum atomic E-state index is -1.82. The van der Waals surface area contributed by atoms with Crippen molar-refractivity contribution in [3.8, 4) is 11.5 Å². The van der Waals surface area contributed by atoms with Gasteiger partial charge in [0.1, 0.15) is 13.2 Å². The average Bonchev–Trinajstić information content (AvgIpc) is 2.91. The van der Waals surface area contributed by atoms with Crippen molar-refractivity contribution in [2.45, 2.75) is 33.4 Å². The maximum atomic E-state index is 9.10. The van der Waals surface area contributed by atoms with Crippen molar-refractivity contribution in [2.24, 2.45) is 7.05 Å². The molecule has 1 aromatic heterocycles. The van der Waals surface area contributed by atoms with E-state index in [9.17, 15) is 0 Å². The number of carbonyl (C=O) groups is 2. The SMILES string of the molecule is Cc1nn(C)c(C)c1CNC(C)c1ccc2c(c1)OCCO2.O=C(O)C(=O)O. The van der Waals surface area contributed by atoms with Crippen LogP contribution in [-0.2, 0) is 23.2 Å². The lowest BCUT2D eigenvalue weighted by atomic mass is 10.1. The summed E-state index contributed by atoms with van der Waals surface area (Å²) in [5.41, 5.74) is 4.76. The van der Waals surface area contributed by atoms with Gasteiger partial charge in [0.05, 0.1) is 5.69 Å². The van der Waals surface area contributed by atoms with Gasteiger partial charge >= 0.3 is 11.9 Å². The molecule has 2 aromatic rings. The number of hydrogen-bond acceptors (Lipinski definition) is 6. The van der Waals surface area contributed by atoms with Crippen molar-refractivity contribution in [3.05, 3.63) is 40.7 Å². The van der Waals surface area contributed by atoms with Crippen LogP contribution in [-0.4, -0.2) is 45.1 Å². The molecule has 9 heteroatoms. The van der Waals surface area contributed by atoms with Gasteiger partial charge in [-0.15, -0.1) is 0 Å². The zero-order chi connectivity index (χ0) is 20.8. The van der Waals surface area contributed by atoms with Gasteiger partial charge in [-0.25, -0.2) is 9.59 Å². The van der Waals surface area contributed by atoms with Gasteiger partial charge in [-0.2, -0.15) is 5.10 Å². The van der Waals surface area contributed by atoms with Crippen LogP contribution >= 0.6 is 0 Å². The third-order valence-electron chi connectivity index (χ3n) is 4.49. The smallest absolute Gasteiger partial charge is 0.414 e. The van der Waals surface area contributed by atoms with Crippen molar-refractivity contribution in [1.82, 2.24) is 15.1 Å². The molecule has 0 aliphatic carbocycles. The van der Waals surface area contributed by atoms with Gasteiger partial charge in [0, 0.05) is 30.9 Å². The number of benzene rings is 1. The molecule has 152 valence electrons. The Hall–Kier alpha value is -3.07. The van der Waals surface area contributed by atoms with E-state index in [0.717, 1.165) is 23.7 Å². The maximum Gasteiger partial charge on any atom is 0.414 e. The molecule has 0 fully saturated rings. The first-order valence-electron chi connectivity index (χ1n) is 8.79. The molecule has 0 saturated heterocycles. The number of rotatable bonds is 4. The second-order valence-corrected chi connectivity index (χ2v) is 6.39. The minimum Gasteiger partial charge on any atom is -0.486 e. The van der Waals surface area contributed by atoms with E-state index in [-0.39, 0.29) is 6.04 Å². The molecular formula is C19H25N3O6. The Bertz CT molecular complexity index is 850. The summed E-state index contributed by atoms with van der Waals surface area (Å²) in [5, 5.41) is 22.8. The maximum absolute atomic E-state index is 9.10. The fourth-order valence-electron chi connectivity index (χ4n) is 2.78. The number of fused-ring (bicyclic) bond motifs is 1. The van der Waals surface area contributed by atoms with Gasteiger partial charge in [0.25, 0.3) is 0 Å². The molecule has 0 bridgehead atoms. The highest BCUT2D eigenvalue weighted by molar-refractivity contribution is 6.27. The standard InChI is InChI=1S/C17H23N3O2.C2H2O4/c1-11(18-10-15-12(2)19-20(4)13(15)3)14-5-6-16-17(9-14)22-8-7-21-16;3-1(4)2(5)6/h5-6,9,11,18H,7-8,10H2,1-4H3;(H,3,4)(H,5,6). The van der Waals surface area contributed by atoms with E-state index in [2.05, 4.69) is 43.3 Å². The number of nitrogens with zero attached hydrogens (tertiary/aromatic N) is 2. The zero-order valence-corrected chi connectivity index (χ0v) is 16.4. The van der Waals surface area contributed by atoms with Crippen LogP contribution in [0.2, 0.25) is 0 Å². The van der Waals surface area contributed by atoms with E-state index in [1.165, 1.54) is 16.8 Å². The van der Waals surface area contributed by atoms with Gasteiger partial charge in [-0.3, -0.25) is 4.68 Å². The number of hydrogen-bond donors (Lipinski definition) is 3. The van der Waals surface area contributed by atoms with Crippen molar-refractivity contribution >= 4 is 11.9 Å². The Morgan fingerprint density at radius 3 is 2.32 bits per heavy atom. The molecule has 0 saturated carbocycles. The third kappa shape index (κ3) is 5.23. The summed E-state index contributed by atoms with van der Waals surface area (Å²) < 4.78 is 13.1. The van der Waals surface area contributed by atoms with Gasteiger partial charge in [-0.05, 0) is 38.5 Å². The van der Waals surface area contributed by atoms with Crippen LogP contribution in [0.1, 0.15) is 35.5 Å². The Morgan fingerprint density at radius 1 is 1.18 bits per heavy atom. The van der Waals surface area contributed by atoms with Crippen LogP contribution in [0.3, 0.4) is 0 Å². The van der Waals surface area contributed by atoms with Crippen LogP contribution in [0.15, 0.2) is 18.2 Å². The largest absolute Gasteiger partial charge is 0.486 e. The second kappa shape index (κ2) is 9.23. The molecule has 3 rings (SSSR count). The molecule has 1 atom stereocenters. The van der Waals surface area contributed by atoms with E-state index in [0.29, 0.717) is 13.2 Å². The molecule has 9 nitrogen and oxygen atoms in total. The van der Waals surface area contributed by atoms with Crippen LogP contribution in [0.4, 0.5) is 0 Å². The highest BCUT2D eigenvalue weighted by atomic mass is 16.6. The monoisotopic (exact) mass is 391 g/mol. The van der Waals surface area contributed by atoms with E-state index in [1.807, 2.05) is 17.8 Å².